The molecule has 1 heterocycles. The molecule has 0 saturated heterocycles. The number of hydrazone groups is 2. The molecule has 0 aliphatic carbocycles. The van der Waals surface area contributed by atoms with Crippen LogP contribution in [0.15, 0.2) is 58.7 Å². The highest BCUT2D eigenvalue weighted by atomic mass is 19.1. The number of carbonyl (C=O) groups excluding carboxylic acids is 2. The summed E-state index contributed by atoms with van der Waals surface area (Å²) in [6.07, 6.45) is 1.25. The van der Waals surface area contributed by atoms with Crippen LogP contribution in [0.4, 0.5) is 10.1 Å². The van der Waals surface area contributed by atoms with Crippen molar-refractivity contribution in [2.75, 3.05) is 5.01 Å². The van der Waals surface area contributed by atoms with Crippen LogP contribution in [0.2, 0.25) is 0 Å². The number of para-hydroxylation sites is 1. The van der Waals surface area contributed by atoms with Crippen molar-refractivity contribution in [2.24, 2.45) is 16.1 Å². The quantitative estimate of drug-likeness (QED) is 0.667. The zero-order chi connectivity index (χ0) is 19.4. The molecule has 7 nitrogen and oxygen atoms in total. The number of rotatable bonds is 4. The average molecular weight is 363 g/mol. The summed E-state index contributed by atoms with van der Waals surface area (Å²) < 4.78 is 13.8. The minimum atomic E-state index is -0.827. The molecule has 2 amide bonds. The molecule has 0 aromatic heterocycles. The first-order valence-electron chi connectivity index (χ1n) is 7.98. The van der Waals surface area contributed by atoms with Crippen LogP contribution >= 0.6 is 0 Å². The van der Waals surface area contributed by atoms with Crippen LogP contribution in [0.3, 0.4) is 0 Å². The van der Waals surface area contributed by atoms with Gasteiger partial charge < -0.3 is 0 Å². The molecule has 0 fully saturated rings. The predicted octanol–water partition coefficient (Wildman–Crippen LogP) is 2.45. The topological polar surface area (TPSA) is 97.9 Å². The molecule has 0 radical (unpaired) electrons. The second-order valence-electron chi connectivity index (χ2n) is 5.73. The molecule has 1 aliphatic rings. The summed E-state index contributed by atoms with van der Waals surface area (Å²) in [6, 6.07) is 14.2. The fourth-order valence-corrected chi connectivity index (χ4v) is 2.50. The molecule has 0 bridgehead atoms. The highest BCUT2D eigenvalue weighted by Gasteiger charge is 2.33. The second-order valence-corrected chi connectivity index (χ2v) is 5.73. The lowest BCUT2D eigenvalue weighted by Gasteiger charge is -2.12. The molecule has 0 spiro atoms. The Labute approximate surface area is 154 Å². The highest BCUT2D eigenvalue weighted by Crippen LogP contribution is 2.22. The van der Waals surface area contributed by atoms with Crippen molar-refractivity contribution in [3.05, 3.63) is 65.5 Å². The first-order chi connectivity index (χ1) is 13.0. The number of nitrogens with zero attached hydrogens (tertiary/aromatic N) is 4. The molecule has 2 aromatic carbocycles. The Morgan fingerprint density at radius 1 is 1.33 bits per heavy atom. The van der Waals surface area contributed by atoms with E-state index in [4.69, 9.17) is 5.26 Å². The monoisotopic (exact) mass is 363 g/mol. The fourth-order valence-electron chi connectivity index (χ4n) is 2.50. The van der Waals surface area contributed by atoms with Crippen LogP contribution < -0.4 is 10.4 Å². The lowest BCUT2D eigenvalue weighted by molar-refractivity contribution is -0.118. The summed E-state index contributed by atoms with van der Waals surface area (Å²) in [4.78, 5) is 24.5. The Morgan fingerprint density at radius 2 is 2.07 bits per heavy atom. The van der Waals surface area contributed by atoms with Crippen LogP contribution in [-0.2, 0) is 4.79 Å². The predicted molar refractivity (Wildman–Crippen MR) is 97.6 cm³/mol. The average Bonchev–Trinajstić information content (AvgIpc) is 2.96. The van der Waals surface area contributed by atoms with Crippen LogP contribution in [0.5, 0.6) is 0 Å². The molecule has 0 unspecified atom stereocenters. The van der Waals surface area contributed by atoms with Crippen molar-refractivity contribution in [2.45, 2.75) is 6.92 Å². The van der Waals surface area contributed by atoms with Gasteiger partial charge >= 0.3 is 0 Å². The number of hydrogen-bond donors (Lipinski definition) is 1. The maximum Gasteiger partial charge on any atom is 0.274 e. The molecule has 1 N–H and O–H groups in total. The van der Waals surface area contributed by atoms with Crippen molar-refractivity contribution in [1.82, 2.24) is 5.43 Å². The van der Waals surface area contributed by atoms with Crippen LogP contribution in [0.1, 0.15) is 22.8 Å². The summed E-state index contributed by atoms with van der Waals surface area (Å²) in [7, 11) is 0. The van der Waals surface area contributed by atoms with Crippen molar-refractivity contribution >= 4 is 29.4 Å². The normalized spacial score (nSPS) is 16.3. The van der Waals surface area contributed by atoms with Gasteiger partial charge in [0.2, 0.25) is 0 Å². The van der Waals surface area contributed by atoms with Crippen LogP contribution in [0.25, 0.3) is 0 Å². The van der Waals surface area contributed by atoms with E-state index in [1.54, 1.807) is 37.3 Å². The maximum absolute atomic E-state index is 13.8. The van der Waals surface area contributed by atoms with Gasteiger partial charge in [-0.25, -0.2) is 9.82 Å². The number of anilines is 1. The van der Waals surface area contributed by atoms with E-state index in [2.05, 4.69) is 15.6 Å². The van der Waals surface area contributed by atoms with Crippen molar-refractivity contribution < 1.29 is 14.0 Å². The van der Waals surface area contributed by atoms with E-state index >= 15 is 0 Å². The molecule has 1 aliphatic heterocycles. The summed E-state index contributed by atoms with van der Waals surface area (Å²) in [6.45, 7) is 1.68. The smallest absolute Gasteiger partial charge is 0.271 e. The molecule has 1 atom stereocenters. The van der Waals surface area contributed by atoms with Gasteiger partial charge in [0.1, 0.15) is 11.7 Å². The molecule has 2 aromatic rings. The first kappa shape index (κ1) is 17.9. The third-order valence-electron chi connectivity index (χ3n) is 3.92. The number of amides is 2. The Hall–Kier alpha value is -3.86. The fraction of sp³-hybridized carbons (Fsp3) is 0.105. The van der Waals surface area contributed by atoms with E-state index in [9.17, 15) is 14.0 Å². The van der Waals surface area contributed by atoms with Crippen molar-refractivity contribution in [3.63, 3.8) is 0 Å². The minimum absolute atomic E-state index is 0.108. The maximum atomic E-state index is 13.8. The Kier molecular flexibility index (Phi) is 5.04. The molecular weight excluding hydrogens is 349 g/mol. The van der Waals surface area contributed by atoms with Crippen LogP contribution in [-0.4, -0.2) is 23.7 Å². The first-order valence-corrected chi connectivity index (χ1v) is 7.98. The molecule has 27 heavy (non-hydrogen) atoms. The zero-order valence-corrected chi connectivity index (χ0v) is 14.3. The lowest BCUT2D eigenvalue weighted by Crippen LogP contribution is -2.29. The Balaban J connectivity index is 1.68. The highest BCUT2D eigenvalue weighted by molar-refractivity contribution is 6.23. The third-order valence-corrected chi connectivity index (χ3v) is 3.92. The van der Waals surface area contributed by atoms with E-state index in [0.29, 0.717) is 11.4 Å². The largest absolute Gasteiger partial charge is 0.274 e. The number of halogens is 1. The molecule has 8 heteroatoms. The number of nitrogens with one attached hydrogen (secondary N) is 1. The van der Waals surface area contributed by atoms with E-state index < -0.39 is 17.6 Å². The summed E-state index contributed by atoms with van der Waals surface area (Å²) in [5.74, 6) is -2.64. The Morgan fingerprint density at radius 3 is 2.74 bits per heavy atom. The number of benzene rings is 2. The zero-order valence-electron chi connectivity index (χ0n) is 14.3. The molecule has 0 saturated carbocycles. The van der Waals surface area contributed by atoms with E-state index in [1.165, 1.54) is 23.4 Å². The van der Waals surface area contributed by atoms with Crippen molar-refractivity contribution in [3.8, 4) is 6.07 Å². The van der Waals surface area contributed by atoms with E-state index in [-0.39, 0.29) is 17.0 Å². The summed E-state index contributed by atoms with van der Waals surface area (Å²) in [5, 5.41) is 18.0. The molecule has 134 valence electrons. The van der Waals surface area contributed by atoms with Crippen molar-refractivity contribution in [1.29, 1.82) is 5.26 Å². The third kappa shape index (κ3) is 3.72. The second kappa shape index (κ2) is 7.58. The number of hydrogen-bond acceptors (Lipinski definition) is 5. The van der Waals surface area contributed by atoms with Crippen LogP contribution in [0, 0.1) is 23.1 Å². The van der Waals surface area contributed by atoms with E-state index in [0.717, 1.165) is 6.07 Å². The lowest BCUT2D eigenvalue weighted by atomic mass is 10.1. The van der Waals surface area contributed by atoms with Gasteiger partial charge in [0.15, 0.2) is 0 Å². The molecule has 3 rings (SSSR count). The Bertz CT molecular complexity index is 995. The van der Waals surface area contributed by atoms with E-state index in [1.807, 2.05) is 6.07 Å². The van der Waals surface area contributed by atoms with Gasteiger partial charge in [-0.3, -0.25) is 9.59 Å². The number of nitriles is 1. The number of carbonyl (C=O) groups is 2. The van der Waals surface area contributed by atoms with Gasteiger partial charge in [-0.1, -0.05) is 18.2 Å². The van der Waals surface area contributed by atoms with Gasteiger partial charge in [-0.05, 0) is 37.3 Å². The standard InChI is InChI=1S/C19H14FN5O2/c1-12-16(19(27)25(24-12)14-5-3-2-4-6-14)11-22-23-18(26)15-8-7-13(10-21)9-17(15)20/h2-9,11,16H,1H3,(H,23,26)/b22-11+/t16-/m1/s1. The molecular formula is C19H14FN5O2. The minimum Gasteiger partial charge on any atom is -0.271 e. The van der Waals surface area contributed by atoms with Gasteiger partial charge in [0.25, 0.3) is 11.8 Å². The van der Waals surface area contributed by atoms with Gasteiger partial charge in [-0.15, -0.1) is 0 Å². The van der Waals surface area contributed by atoms with Gasteiger partial charge in [-0.2, -0.15) is 20.5 Å². The SMILES string of the molecule is CC1=NN(c2ccccc2)C(=O)[C@@H]1/C=N/NC(=O)c1ccc(C#N)cc1F. The van der Waals surface area contributed by atoms with Gasteiger partial charge in [0, 0.05) is 6.21 Å². The summed E-state index contributed by atoms with van der Waals surface area (Å²) >= 11 is 0. The summed E-state index contributed by atoms with van der Waals surface area (Å²) in [5.41, 5.74) is 3.19. The van der Waals surface area contributed by atoms with Gasteiger partial charge in [0.05, 0.1) is 28.6 Å².